The van der Waals surface area contributed by atoms with Crippen molar-refractivity contribution in [2.75, 3.05) is 13.2 Å². The van der Waals surface area contributed by atoms with Crippen molar-refractivity contribution >= 4 is 16.9 Å². The number of fused-ring (bicyclic) bond motifs is 1. The molecule has 1 amide bonds. The summed E-state index contributed by atoms with van der Waals surface area (Å²) in [7, 11) is 0. The van der Waals surface area contributed by atoms with Crippen LogP contribution in [-0.4, -0.2) is 30.8 Å². The first-order chi connectivity index (χ1) is 11.4. The zero-order chi connectivity index (χ0) is 17.4. The highest BCUT2D eigenvalue weighted by Gasteiger charge is 2.56. The molecule has 0 aliphatic carbocycles. The van der Waals surface area contributed by atoms with Crippen LogP contribution < -0.4 is 5.32 Å². The smallest absolute Gasteiger partial charge is 0.411 e. The molecule has 0 radical (unpaired) electrons. The number of benzene rings is 1. The van der Waals surface area contributed by atoms with Gasteiger partial charge in [0.25, 0.3) is 5.91 Å². The third-order valence-electron chi connectivity index (χ3n) is 4.50. The van der Waals surface area contributed by atoms with E-state index in [0.29, 0.717) is 17.6 Å². The number of furan rings is 1. The molecule has 7 heteroatoms. The second kappa shape index (κ2) is 6.12. The maximum Gasteiger partial charge on any atom is 0.411 e. The summed E-state index contributed by atoms with van der Waals surface area (Å²) in [5.41, 5.74) is -1.16. The number of para-hydroxylation sites is 1. The SMILES string of the molecule is CCc1c(C(=O)NC2(C(F)(F)F)CCOCC2)oc2ccccc12. The quantitative estimate of drug-likeness (QED) is 0.923. The summed E-state index contributed by atoms with van der Waals surface area (Å²) >= 11 is 0. The Morgan fingerprint density at radius 3 is 2.54 bits per heavy atom. The van der Waals surface area contributed by atoms with Crippen LogP contribution in [0.5, 0.6) is 0 Å². The summed E-state index contributed by atoms with van der Waals surface area (Å²) in [6.07, 6.45) is -4.67. The molecule has 1 aromatic carbocycles. The number of ether oxygens (including phenoxy) is 1. The molecule has 1 aliphatic rings. The molecule has 0 saturated carbocycles. The number of carbonyl (C=O) groups excluding carboxylic acids is 1. The number of alkyl halides is 3. The molecule has 24 heavy (non-hydrogen) atoms. The van der Waals surface area contributed by atoms with Crippen molar-refractivity contribution in [1.82, 2.24) is 5.32 Å². The lowest BCUT2D eigenvalue weighted by molar-refractivity contribution is -0.212. The first-order valence-corrected chi connectivity index (χ1v) is 7.85. The van der Waals surface area contributed by atoms with E-state index in [2.05, 4.69) is 5.32 Å². The highest BCUT2D eigenvalue weighted by molar-refractivity contribution is 5.99. The summed E-state index contributed by atoms with van der Waals surface area (Å²) < 4.78 is 51.2. The molecule has 130 valence electrons. The van der Waals surface area contributed by atoms with E-state index >= 15 is 0 Å². The normalized spacial score (nSPS) is 17.8. The second-order valence-corrected chi connectivity index (χ2v) is 5.91. The summed E-state index contributed by atoms with van der Waals surface area (Å²) in [5.74, 6) is -0.879. The largest absolute Gasteiger partial charge is 0.451 e. The van der Waals surface area contributed by atoms with Crippen molar-refractivity contribution in [2.24, 2.45) is 0 Å². The maximum atomic E-state index is 13.6. The van der Waals surface area contributed by atoms with Crippen molar-refractivity contribution in [3.63, 3.8) is 0 Å². The first kappa shape index (κ1) is 16.8. The average Bonchev–Trinajstić information content (AvgIpc) is 2.93. The number of aryl methyl sites for hydroxylation is 1. The fraction of sp³-hybridized carbons (Fsp3) is 0.471. The van der Waals surface area contributed by atoms with Crippen LogP contribution in [0.3, 0.4) is 0 Å². The van der Waals surface area contributed by atoms with E-state index in [4.69, 9.17) is 9.15 Å². The van der Waals surface area contributed by atoms with Crippen LogP contribution in [-0.2, 0) is 11.2 Å². The Hall–Kier alpha value is -2.02. The Balaban J connectivity index is 1.97. The Bertz CT molecular complexity index is 745. The molecular formula is C17H18F3NO3. The van der Waals surface area contributed by atoms with Gasteiger partial charge in [-0.3, -0.25) is 4.79 Å². The van der Waals surface area contributed by atoms with Crippen LogP contribution in [0.2, 0.25) is 0 Å². The third-order valence-corrected chi connectivity index (χ3v) is 4.50. The zero-order valence-electron chi connectivity index (χ0n) is 13.2. The second-order valence-electron chi connectivity index (χ2n) is 5.91. The Morgan fingerprint density at radius 2 is 1.92 bits per heavy atom. The van der Waals surface area contributed by atoms with Crippen LogP contribution in [0, 0.1) is 0 Å². The number of hydrogen-bond acceptors (Lipinski definition) is 3. The van der Waals surface area contributed by atoms with Gasteiger partial charge in [-0.25, -0.2) is 0 Å². The molecule has 0 atom stereocenters. The molecule has 1 aromatic heterocycles. The van der Waals surface area contributed by atoms with Gasteiger partial charge in [-0.15, -0.1) is 0 Å². The molecule has 3 rings (SSSR count). The van der Waals surface area contributed by atoms with Crippen molar-refractivity contribution in [1.29, 1.82) is 0 Å². The fourth-order valence-corrected chi connectivity index (χ4v) is 3.11. The molecule has 1 N–H and O–H groups in total. The summed E-state index contributed by atoms with van der Waals surface area (Å²) in [6, 6.07) is 7.04. The molecule has 0 spiro atoms. The highest BCUT2D eigenvalue weighted by Crippen LogP contribution is 2.38. The van der Waals surface area contributed by atoms with Gasteiger partial charge in [0.2, 0.25) is 0 Å². The maximum absolute atomic E-state index is 13.6. The molecule has 1 fully saturated rings. The van der Waals surface area contributed by atoms with Gasteiger partial charge in [-0.05, 0) is 12.5 Å². The lowest BCUT2D eigenvalue weighted by Crippen LogP contribution is -2.61. The first-order valence-electron chi connectivity index (χ1n) is 7.85. The van der Waals surface area contributed by atoms with Crippen molar-refractivity contribution < 1.29 is 27.1 Å². The number of rotatable bonds is 3. The van der Waals surface area contributed by atoms with Gasteiger partial charge >= 0.3 is 6.18 Å². The van der Waals surface area contributed by atoms with E-state index in [-0.39, 0.29) is 31.8 Å². The van der Waals surface area contributed by atoms with Crippen molar-refractivity contribution in [2.45, 2.75) is 37.9 Å². The van der Waals surface area contributed by atoms with E-state index in [9.17, 15) is 18.0 Å². The van der Waals surface area contributed by atoms with Crippen LogP contribution in [0.15, 0.2) is 28.7 Å². The number of hydrogen-bond donors (Lipinski definition) is 1. The molecule has 1 saturated heterocycles. The van der Waals surface area contributed by atoms with Crippen LogP contribution in [0.25, 0.3) is 11.0 Å². The predicted octanol–water partition coefficient (Wildman–Crippen LogP) is 3.84. The Kier molecular flexibility index (Phi) is 4.29. The minimum absolute atomic E-state index is 0.0411. The third kappa shape index (κ3) is 2.77. The molecule has 1 aliphatic heterocycles. The van der Waals surface area contributed by atoms with Gasteiger partial charge < -0.3 is 14.5 Å². The topological polar surface area (TPSA) is 51.5 Å². The minimum atomic E-state index is -4.55. The van der Waals surface area contributed by atoms with Gasteiger partial charge in [0.1, 0.15) is 11.1 Å². The molecule has 2 heterocycles. The van der Waals surface area contributed by atoms with Crippen LogP contribution in [0.4, 0.5) is 13.2 Å². The van der Waals surface area contributed by atoms with Gasteiger partial charge in [0.05, 0.1) is 0 Å². The lowest BCUT2D eigenvalue weighted by atomic mass is 9.89. The summed E-state index contributed by atoms with van der Waals surface area (Å²) in [6.45, 7) is 1.75. The minimum Gasteiger partial charge on any atom is -0.451 e. The van der Waals surface area contributed by atoms with E-state index in [0.717, 1.165) is 5.39 Å². The van der Waals surface area contributed by atoms with E-state index in [1.54, 1.807) is 24.3 Å². The van der Waals surface area contributed by atoms with E-state index in [1.165, 1.54) is 0 Å². The van der Waals surface area contributed by atoms with Gasteiger partial charge in [0, 0.05) is 37.0 Å². The monoisotopic (exact) mass is 341 g/mol. The molecule has 4 nitrogen and oxygen atoms in total. The Labute approximate surface area is 137 Å². The van der Waals surface area contributed by atoms with E-state index in [1.807, 2.05) is 6.92 Å². The number of amides is 1. The highest BCUT2D eigenvalue weighted by atomic mass is 19.4. The number of halogens is 3. The number of nitrogens with one attached hydrogen (secondary N) is 1. The predicted molar refractivity (Wildman–Crippen MR) is 81.9 cm³/mol. The fourth-order valence-electron chi connectivity index (χ4n) is 3.11. The number of carbonyl (C=O) groups is 1. The van der Waals surface area contributed by atoms with Gasteiger partial charge in [-0.2, -0.15) is 13.2 Å². The Morgan fingerprint density at radius 1 is 1.25 bits per heavy atom. The van der Waals surface area contributed by atoms with Crippen molar-refractivity contribution in [3.8, 4) is 0 Å². The molecule has 0 unspecified atom stereocenters. The lowest BCUT2D eigenvalue weighted by Gasteiger charge is -2.39. The van der Waals surface area contributed by atoms with Gasteiger partial charge in [0.15, 0.2) is 5.76 Å². The van der Waals surface area contributed by atoms with Crippen molar-refractivity contribution in [3.05, 3.63) is 35.6 Å². The standard InChI is InChI=1S/C17H18F3NO3/c1-2-11-12-5-3-4-6-13(12)24-14(11)15(22)21-16(17(18,19)20)7-9-23-10-8-16/h3-6H,2,7-10H2,1H3,(H,21,22). The van der Waals surface area contributed by atoms with E-state index < -0.39 is 17.6 Å². The van der Waals surface area contributed by atoms with Gasteiger partial charge in [-0.1, -0.05) is 25.1 Å². The van der Waals surface area contributed by atoms with Crippen LogP contribution in [0.1, 0.15) is 35.9 Å². The molecule has 0 bridgehead atoms. The van der Waals surface area contributed by atoms with Crippen LogP contribution >= 0.6 is 0 Å². The molecule has 2 aromatic rings. The average molecular weight is 341 g/mol. The summed E-state index contributed by atoms with van der Waals surface area (Å²) in [5, 5.41) is 2.93. The summed E-state index contributed by atoms with van der Waals surface area (Å²) in [4.78, 5) is 12.6. The zero-order valence-corrected chi connectivity index (χ0v) is 13.2. The molecular weight excluding hydrogens is 323 g/mol.